The Morgan fingerprint density at radius 3 is 2.94 bits per heavy atom. The van der Waals surface area contributed by atoms with Gasteiger partial charge in [0, 0.05) is 19.3 Å². The summed E-state index contributed by atoms with van der Waals surface area (Å²) in [6, 6.07) is 6.69. The van der Waals surface area contributed by atoms with Crippen LogP contribution in [0, 0.1) is 0 Å². The van der Waals surface area contributed by atoms with E-state index in [1.807, 2.05) is 17.8 Å². The first-order valence-electron chi connectivity index (χ1n) is 4.75. The maximum Gasteiger partial charge on any atom is 0.147 e. The Hall–Kier alpha value is -1.49. The molecule has 2 rings (SSSR count). The van der Waals surface area contributed by atoms with Gasteiger partial charge >= 0.3 is 0 Å². The van der Waals surface area contributed by atoms with Crippen LogP contribution in [-0.2, 0) is 13.7 Å². The van der Waals surface area contributed by atoms with E-state index in [4.69, 9.17) is 4.74 Å². The first-order chi connectivity index (χ1) is 7.65. The Balaban J connectivity index is 2.05. The lowest BCUT2D eigenvalue weighted by molar-refractivity contribution is 0.290. The van der Waals surface area contributed by atoms with Gasteiger partial charge in [-0.05, 0) is 28.1 Å². The van der Waals surface area contributed by atoms with Gasteiger partial charge in [0.15, 0.2) is 0 Å². The van der Waals surface area contributed by atoms with E-state index in [2.05, 4.69) is 20.9 Å². The molecule has 84 valence electrons. The zero-order valence-electron chi connectivity index (χ0n) is 8.72. The van der Waals surface area contributed by atoms with Gasteiger partial charge in [0.25, 0.3) is 0 Å². The number of nitrogens with zero attached hydrogens (tertiary/aromatic N) is 2. The lowest BCUT2D eigenvalue weighted by atomic mass is 10.3. The van der Waals surface area contributed by atoms with E-state index in [0.717, 1.165) is 10.4 Å². The number of hydrogen-bond acceptors (Lipinski definition) is 3. The summed E-state index contributed by atoms with van der Waals surface area (Å²) in [5.74, 6) is 1.63. The second kappa shape index (κ2) is 4.57. The van der Waals surface area contributed by atoms with Crippen molar-refractivity contribution in [3.63, 3.8) is 0 Å². The van der Waals surface area contributed by atoms with E-state index in [9.17, 15) is 5.11 Å². The Kier molecular flexibility index (Phi) is 3.14. The molecule has 0 aliphatic carbocycles. The Morgan fingerprint density at radius 1 is 1.50 bits per heavy atom. The van der Waals surface area contributed by atoms with E-state index in [1.54, 1.807) is 24.3 Å². The van der Waals surface area contributed by atoms with Gasteiger partial charge in [-0.3, -0.25) is 0 Å². The van der Waals surface area contributed by atoms with E-state index in [0.29, 0.717) is 12.4 Å². The van der Waals surface area contributed by atoms with Crippen molar-refractivity contribution in [1.82, 2.24) is 9.55 Å². The molecule has 0 aliphatic rings. The number of aryl methyl sites for hydroxylation is 1. The third kappa shape index (κ3) is 2.55. The molecule has 0 aliphatic heterocycles. The summed E-state index contributed by atoms with van der Waals surface area (Å²) in [5, 5.41) is 9.26. The van der Waals surface area contributed by atoms with Crippen LogP contribution in [0.3, 0.4) is 0 Å². The molecule has 0 radical (unpaired) electrons. The molecule has 1 heterocycles. The van der Waals surface area contributed by atoms with Crippen LogP contribution in [0.4, 0.5) is 0 Å². The Morgan fingerprint density at radius 2 is 2.31 bits per heavy atom. The van der Waals surface area contributed by atoms with Gasteiger partial charge in [-0.1, -0.05) is 6.07 Å². The molecule has 0 amide bonds. The molecule has 0 unspecified atom stereocenters. The average Bonchev–Trinajstić information content (AvgIpc) is 2.54. The van der Waals surface area contributed by atoms with Crippen LogP contribution in [0.1, 0.15) is 5.82 Å². The molecule has 5 heteroatoms. The van der Waals surface area contributed by atoms with E-state index >= 15 is 0 Å². The molecule has 4 nitrogen and oxygen atoms in total. The fourth-order valence-corrected chi connectivity index (χ4v) is 1.83. The molecule has 1 aromatic carbocycles. The number of hydrogen-bond donors (Lipinski definition) is 1. The highest BCUT2D eigenvalue weighted by molar-refractivity contribution is 9.10. The van der Waals surface area contributed by atoms with Gasteiger partial charge in [-0.2, -0.15) is 0 Å². The van der Waals surface area contributed by atoms with Crippen molar-refractivity contribution in [1.29, 1.82) is 0 Å². The zero-order chi connectivity index (χ0) is 11.5. The van der Waals surface area contributed by atoms with E-state index in [-0.39, 0.29) is 5.75 Å². The lowest BCUT2D eigenvalue weighted by Gasteiger charge is -2.05. The molecular weight excluding hydrogens is 272 g/mol. The number of benzene rings is 1. The summed E-state index contributed by atoms with van der Waals surface area (Å²) in [6.45, 7) is 0.367. The maximum atomic E-state index is 9.26. The van der Waals surface area contributed by atoms with Gasteiger partial charge in [0.2, 0.25) is 0 Å². The van der Waals surface area contributed by atoms with Crippen molar-refractivity contribution >= 4 is 15.9 Å². The molecule has 1 aromatic heterocycles. The quantitative estimate of drug-likeness (QED) is 0.941. The number of rotatable bonds is 3. The standard InChI is InChI=1S/C11H11BrN2O2/c1-14-6-10(12)13-11(14)7-16-9-4-2-3-8(15)5-9/h2-6,15H,7H2,1H3. The zero-order valence-corrected chi connectivity index (χ0v) is 10.3. The fourth-order valence-electron chi connectivity index (χ4n) is 1.32. The number of phenolic OH excluding ortho intramolecular Hbond substituents is 1. The number of imidazole rings is 1. The van der Waals surface area contributed by atoms with Crippen LogP contribution in [0.5, 0.6) is 11.5 Å². The van der Waals surface area contributed by atoms with Gasteiger partial charge < -0.3 is 14.4 Å². The summed E-state index contributed by atoms with van der Waals surface area (Å²) < 4.78 is 8.17. The lowest BCUT2D eigenvalue weighted by Crippen LogP contribution is -2.02. The minimum absolute atomic E-state index is 0.193. The molecule has 0 spiro atoms. The molecule has 0 atom stereocenters. The molecular formula is C11H11BrN2O2. The summed E-state index contributed by atoms with van der Waals surface area (Å²) in [7, 11) is 1.90. The van der Waals surface area contributed by atoms with Crippen molar-refractivity contribution in [2.24, 2.45) is 7.05 Å². The monoisotopic (exact) mass is 282 g/mol. The first-order valence-corrected chi connectivity index (χ1v) is 5.54. The van der Waals surface area contributed by atoms with Gasteiger partial charge in [-0.15, -0.1) is 0 Å². The number of aromatic nitrogens is 2. The molecule has 0 saturated carbocycles. The fraction of sp³-hybridized carbons (Fsp3) is 0.182. The highest BCUT2D eigenvalue weighted by atomic mass is 79.9. The number of ether oxygens (including phenoxy) is 1. The molecule has 0 fully saturated rings. The third-order valence-electron chi connectivity index (χ3n) is 2.13. The highest BCUT2D eigenvalue weighted by Gasteiger charge is 2.04. The van der Waals surface area contributed by atoms with Gasteiger partial charge in [0.1, 0.15) is 28.5 Å². The minimum Gasteiger partial charge on any atom is -0.508 e. The van der Waals surface area contributed by atoms with Crippen molar-refractivity contribution in [3.05, 3.63) is 40.9 Å². The normalized spacial score (nSPS) is 10.4. The molecule has 2 aromatic rings. The Labute approximate surface area is 102 Å². The van der Waals surface area contributed by atoms with Crippen molar-refractivity contribution < 1.29 is 9.84 Å². The van der Waals surface area contributed by atoms with Crippen LogP contribution in [-0.4, -0.2) is 14.7 Å². The van der Waals surface area contributed by atoms with Crippen LogP contribution >= 0.6 is 15.9 Å². The Bertz CT molecular complexity index is 496. The van der Waals surface area contributed by atoms with Crippen LogP contribution in [0.2, 0.25) is 0 Å². The summed E-state index contributed by atoms with van der Waals surface area (Å²) in [6.07, 6.45) is 1.86. The predicted molar refractivity (Wildman–Crippen MR) is 63.3 cm³/mol. The van der Waals surface area contributed by atoms with Crippen molar-refractivity contribution in [3.8, 4) is 11.5 Å². The smallest absolute Gasteiger partial charge is 0.147 e. The molecule has 0 bridgehead atoms. The third-order valence-corrected chi connectivity index (χ3v) is 2.51. The molecule has 0 saturated heterocycles. The topological polar surface area (TPSA) is 47.3 Å². The van der Waals surface area contributed by atoms with Crippen molar-refractivity contribution in [2.75, 3.05) is 0 Å². The SMILES string of the molecule is Cn1cc(Br)nc1COc1cccc(O)c1. The summed E-state index contributed by atoms with van der Waals surface area (Å²) >= 11 is 3.29. The molecule has 16 heavy (non-hydrogen) atoms. The second-order valence-electron chi connectivity index (χ2n) is 3.38. The number of phenols is 1. The van der Waals surface area contributed by atoms with E-state index < -0.39 is 0 Å². The number of aromatic hydroxyl groups is 1. The van der Waals surface area contributed by atoms with Crippen LogP contribution in [0.15, 0.2) is 35.1 Å². The largest absolute Gasteiger partial charge is 0.508 e. The highest BCUT2D eigenvalue weighted by Crippen LogP contribution is 2.19. The van der Waals surface area contributed by atoms with Crippen LogP contribution in [0.25, 0.3) is 0 Å². The summed E-state index contributed by atoms with van der Waals surface area (Å²) in [5.41, 5.74) is 0. The molecule has 1 N–H and O–H groups in total. The first kappa shape index (κ1) is 11.0. The predicted octanol–water partition coefficient (Wildman–Crippen LogP) is 2.47. The maximum absolute atomic E-state index is 9.26. The van der Waals surface area contributed by atoms with Gasteiger partial charge in [-0.25, -0.2) is 4.98 Å². The minimum atomic E-state index is 0.193. The second-order valence-corrected chi connectivity index (χ2v) is 4.19. The van der Waals surface area contributed by atoms with E-state index in [1.165, 1.54) is 0 Å². The summed E-state index contributed by atoms with van der Waals surface area (Å²) in [4.78, 5) is 4.24. The van der Waals surface area contributed by atoms with Crippen LogP contribution < -0.4 is 4.74 Å². The average molecular weight is 283 g/mol. The van der Waals surface area contributed by atoms with Crippen molar-refractivity contribution in [2.45, 2.75) is 6.61 Å². The van der Waals surface area contributed by atoms with Gasteiger partial charge in [0.05, 0.1) is 0 Å². The number of halogens is 1.